The largest absolute Gasteiger partial charge is 0.539 e. The number of rotatable bonds is 5. The Morgan fingerprint density at radius 3 is 2.53 bits per heavy atom. The highest BCUT2D eigenvalue weighted by atomic mass is 32.2. The molecule has 0 spiro atoms. The number of nitrogens with one attached hydrogen (secondary N) is 1. The van der Waals surface area contributed by atoms with Crippen molar-refractivity contribution in [3.8, 4) is 29.3 Å². The average Bonchev–Trinajstić information content (AvgIpc) is 3.05. The summed E-state index contributed by atoms with van der Waals surface area (Å²) in [7, 11) is 1.43. The molecule has 0 saturated carbocycles. The van der Waals surface area contributed by atoms with E-state index in [-0.39, 0.29) is 44.9 Å². The fraction of sp³-hybridized carbons (Fsp3) is 0.158. The molecule has 30 heavy (non-hydrogen) atoms. The number of aryl methyl sites for hydroxylation is 2. The SMILES string of the molecule is Cc1ccc(NC(=O)CSc2nc(N)c(C#N)c(-c3c([O-])on[n+]3C)c2C#N)cc1. The maximum Gasteiger partial charge on any atom is 0.266 e. The topological polar surface area (TPSA) is 169 Å². The van der Waals surface area contributed by atoms with Gasteiger partial charge < -0.3 is 20.7 Å². The number of pyridine rings is 1. The molecule has 150 valence electrons. The Morgan fingerprint density at radius 1 is 1.30 bits per heavy atom. The number of aromatic nitrogens is 3. The second-order valence-corrected chi connectivity index (χ2v) is 7.15. The van der Waals surface area contributed by atoms with Crippen molar-refractivity contribution in [1.29, 1.82) is 10.5 Å². The molecular formula is C19H15N7O3S. The molecule has 1 amide bonds. The molecule has 0 unspecified atom stereocenters. The molecule has 0 aliphatic rings. The van der Waals surface area contributed by atoms with Crippen molar-refractivity contribution in [2.75, 3.05) is 16.8 Å². The first-order valence-corrected chi connectivity index (χ1v) is 9.50. The summed E-state index contributed by atoms with van der Waals surface area (Å²) in [6, 6.07) is 11.1. The number of hydrogen-bond donors (Lipinski definition) is 2. The lowest BCUT2D eigenvalue weighted by Crippen LogP contribution is -2.32. The summed E-state index contributed by atoms with van der Waals surface area (Å²) in [4.78, 5) is 16.4. The number of nitriles is 2. The normalized spacial score (nSPS) is 10.3. The number of nitrogens with two attached hydrogens (primary N) is 1. The molecule has 2 heterocycles. The molecular weight excluding hydrogens is 406 g/mol. The summed E-state index contributed by atoms with van der Waals surface area (Å²) < 4.78 is 5.72. The number of amides is 1. The zero-order valence-electron chi connectivity index (χ0n) is 16.0. The van der Waals surface area contributed by atoms with Gasteiger partial charge in [-0.05, 0) is 19.1 Å². The van der Waals surface area contributed by atoms with Crippen LogP contribution in [0.4, 0.5) is 11.5 Å². The van der Waals surface area contributed by atoms with Crippen LogP contribution in [0.15, 0.2) is 33.8 Å². The number of nitrogen functional groups attached to an aromatic ring is 1. The molecule has 3 rings (SSSR count). The van der Waals surface area contributed by atoms with Gasteiger partial charge in [0.2, 0.25) is 5.91 Å². The smallest absolute Gasteiger partial charge is 0.266 e. The van der Waals surface area contributed by atoms with Crippen LogP contribution in [0.25, 0.3) is 11.3 Å². The first kappa shape index (κ1) is 20.6. The third kappa shape index (κ3) is 4.01. The summed E-state index contributed by atoms with van der Waals surface area (Å²) in [5.74, 6) is -1.39. The standard InChI is InChI=1S/C19H15N7O3S/c1-10-3-5-11(6-4-10)23-14(27)9-30-18-13(8-21)15(12(7-20)17(22)24-18)16-19(28)29-25-26(16)2/h3-6H,9H2,1-2H3,(H3-,22,23,24,25,27,28). The molecule has 11 heteroatoms. The van der Waals surface area contributed by atoms with Gasteiger partial charge in [0.25, 0.3) is 5.69 Å². The third-order valence-corrected chi connectivity index (χ3v) is 5.07. The number of thioether (sulfide) groups is 1. The van der Waals surface area contributed by atoms with E-state index in [1.807, 2.05) is 31.2 Å². The second kappa shape index (κ2) is 8.51. The maximum absolute atomic E-state index is 12.3. The summed E-state index contributed by atoms with van der Waals surface area (Å²) in [5.41, 5.74) is 7.24. The van der Waals surface area contributed by atoms with E-state index < -0.39 is 5.95 Å². The molecule has 3 N–H and O–H groups in total. The summed E-state index contributed by atoms with van der Waals surface area (Å²) >= 11 is 0.961. The minimum absolute atomic E-state index is 0.0253. The van der Waals surface area contributed by atoms with E-state index in [0.29, 0.717) is 5.69 Å². The number of nitrogens with zero attached hydrogens (tertiary/aromatic N) is 5. The number of carbonyl (C=O) groups excluding carboxylic acids is 1. The zero-order valence-corrected chi connectivity index (χ0v) is 16.8. The zero-order chi connectivity index (χ0) is 21.8. The highest BCUT2D eigenvalue weighted by Gasteiger charge is 2.29. The van der Waals surface area contributed by atoms with Gasteiger partial charge in [0, 0.05) is 5.69 Å². The molecule has 0 aliphatic heterocycles. The van der Waals surface area contributed by atoms with Crippen LogP contribution < -0.4 is 20.8 Å². The van der Waals surface area contributed by atoms with Gasteiger partial charge in [0.05, 0.1) is 22.2 Å². The predicted octanol–water partition coefficient (Wildman–Crippen LogP) is 0.999. The van der Waals surface area contributed by atoms with Gasteiger partial charge >= 0.3 is 0 Å². The monoisotopic (exact) mass is 421 g/mol. The first-order valence-electron chi connectivity index (χ1n) is 8.52. The van der Waals surface area contributed by atoms with Gasteiger partial charge in [-0.25, -0.2) is 4.98 Å². The van der Waals surface area contributed by atoms with Gasteiger partial charge in [-0.1, -0.05) is 34.1 Å². The van der Waals surface area contributed by atoms with Crippen molar-refractivity contribution in [1.82, 2.24) is 10.3 Å². The number of anilines is 2. The minimum Gasteiger partial charge on any atom is -0.539 e. The fourth-order valence-corrected chi connectivity index (χ4v) is 3.48. The van der Waals surface area contributed by atoms with E-state index in [9.17, 15) is 20.4 Å². The van der Waals surface area contributed by atoms with E-state index in [2.05, 4.69) is 20.1 Å². The Hall–Kier alpha value is -4.09. The first-order chi connectivity index (χ1) is 14.3. The van der Waals surface area contributed by atoms with Crippen LogP contribution in [0, 0.1) is 29.6 Å². The Bertz CT molecular complexity index is 1190. The molecule has 2 aromatic heterocycles. The van der Waals surface area contributed by atoms with Gasteiger partial charge in [-0.3, -0.25) is 4.79 Å². The van der Waals surface area contributed by atoms with E-state index in [0.717, 1.165) is 22.0 Å². The van der Waals surface area contributed by atoms with Crippen LogP contribution in [0.2, 0.25) is 0 Å². The average molecular weight is 421 g/mol. The van der Waals surface area contributed by atoms with Crippen molar-refractivity contribution in [2.24, 2.45) is 7.05 Å². The second-order valence-electron chi connectivity index (χ2n) is 6.19. The molecule has 1 aromatic carbocycles. The quantitative estimate of drug-likeness (QED) is 0.451. The van der Waals surface area contributed by atoms with Gasteiger partial charge in [0.15, 0.2) is 13.0 Å². The van der Waals surface area contributed by atoms with E-state index in [1.54, 1.807) is 12.1 Å². The Labute approximate surface area is 175 Å². The minimum atomic E-state index is -0.829. The van der Waals surface area contributed by atoms with E-state index in [4.69, 9.17) is 5.73 Å². The van der Waals surface area contributed by atoms with Crippen molar-refractivity contribution in [3.05, 3.63) is 41.0 Å². The van der Waals surface area contributed by atoms with Gasteiger partial charge in [-0.2, -0.15) is 10.5 Å². The molecule has 0 saturated heterocycles. The van der Waals surface area contributed by atoms with Crippen LogP contribution in [0.5, 0.6) is 5.95 Å². The lowest BCUT2D eigenvalue weighted by atomic mass is 10.0. The van der Waals surface area contributed by atoms with Crippen molar-refractivity contribution in [2.45, 2.75) is 11.9 Å². The maximum atomic E-state index is 12.3. The van der Waals surface area contributed by atoms with Crippen LogP contribution in [0.1, 0.15) is 16.7 Å². The number of carbonyl (C=O) groups is 1. The van der Waals surface area contributed by atoms with Crippen molar-refractivity contribution >= 4 is 29.2 Å². The van der Waals surface area contributed by atoms with E-state index in [1.165, 1.54) is 7.05 Å². The predicted molar refractivity (Wildman–Crippen MR) is 105 cm³/mol. The van der Waals surface area contributed by atoms with Crippen LogP contribution in [-0.2, 0) is 11.8 Å². The summed E-state index contributed by atoms with van der Waals surface area (Å²) in [6.07, 6.45) is 0. The molecule has 0 bridgehead atoms. The Balaban J connectivity index is 1.94. The number of benzene rings is 1. The molecule has 0 aliphatic carbocycles. The fourth-order valence-electron chi connectivity index (χ4n) is 2.69. The van der Waals surface area contributed by atoms with Gasteiger partial charge in [-0.15, -0.1) is 0 Å². The Morgan fingerprint density at radius 2 is 1.97 bits per heavy atom. The lowest BCUT2D eigenvalue weighted by molar-refractivity contribution is -0.730. The third-order valence-electron chi connectivity index (χ3n) is 4.09. The van der Waals surface area contributed by atoms with Crippen LogP contribution >= 0.6 is 11.8 Å². The lowest BCUT2D eigenvalue weighted by Gasteiger charge is -2.11. The molecule has 10 nitrogen and oxygen atoms in total. The Kier molecular flexibility index (Phi) is 5.85. The highest BCUT2D eigenvalue weighted by molar-refractivity contribution is 8.00. The van der Waals surface area contributed by atoms with Crippen molar-refractivity contribution < 1.29 is 19.1 Å². The molecule has 0 atom stereocenters. The summed E-state index contributed by atoms with van der Waals surface area (Å²) in [5, 5.41) is 37.6. The van der Waals surface area contributed by atoms with Crippen LogP contribution in [-0.4, -0.2) is 21.9 Å². The van der Waals surface area contributed by atoms with Gasteiger partial charge in [0.1, 0.15) is 28.5 Å². The van der Waals surface area contributed by atoms with Crippen molar-refractivity contribution in [3.63, 3.8) is 0 Å². The van der Waals surface area contributed by atoms with E-state index >= 15 is 0 Å². The number of hydrogen-bond acceptors (Lipinski definition) is 9. The van der Waals surface area contributed by atoms with Crippen LogP contribution in [0.3, 0.4) is 0 Å². The molecule has 0 radical (unpaired) electrons. The highest BCUT2D eigenvalue weighted by Crippen LogP contribution is 2.36. The summed E-state index contributed by atoms with van der Waals surface area (Å²) in [6.45, 7) is 1.94. The molecule has 0 fully saturated rings. The molecule has 3 aromatic rings.